The van der Waals surface area contributed by atoms with E-state index < -0.39 is 0 Å². The largest absolute Gasteiger partial charge is 0.310 e. The molecule has 1 aromatic carbocycles. The second-order valence-corrected chi connectivity index (χ2v) is 6.16. The van der Waals surface area contributed by atoms with Crippen LogP contribution in [0.3, 0.4) is 0 Å². The lowest BCUT2D eigenvalue weighted by Gasteiger charge is -2.14. The van der Waals surface area contributed by atoms with Gasteiger partial charge in [0.2, 0.25) is 0 Å². The Morgan fingerprint density at radius 2 is 1.86 bits per heavy atom. The molecule has 2 rings (SSSR count). The van der Waals surface area contributed by atoms with Crippen LogP contribution >= 0.6 is 0 Å². The standard InChI is InChI=1S/C18H26N2.CH4/c1-14(2)5-4-6-15(3)20-12-16-7-8-18-13-19-10-9-17(18)11-16;/h7-11,13-15,20H,4-6,12H2,1-3H3;1H4/t15-;/m1./s1. The molecule has 0 saturated heterocycles. The zero-order chi connectivity index (χ0) is 14.4. The molecule has 2 heteroatoms. The highest BCUT2D eigenvalue weighted by molar-refractivity contribution is 5.81. The van der Waals surface area contributed by atoms with Crippen molar-refractivity contribution >= 4 is 10.8 Å². The number of pyridine rings is 1. The van der Waals surface area contributed by atoms with Crippen molar-refractivity contribution in [1.82, 2.24) is 10.3 Å². The van der Waals surface area contributed by atoms with Crippen LogP contribution in [0, 0.1) is 5.92 Å². The number of fused-ring (bicyclic) bond motifs is 1. The van der Waals surface area contributed by atoms with Crippen LogP contribution < -0.4 is 5.32 Å². The highest BCUT2D eigenvalue weighted by atomic mass is 14.9. The molecule has 0 radical (unpaired) electrons. The maximum atomic E-state index is 4.15. The molecule has 1 N–H and O–H groups in total. The Kier molecular flexibility index (Phi) is 7.38. The summed E-state index contributed by atoms with van der Waals surface area (Å²) in [6.45, 7) is 7.82. The van der Waals surface area contributed by atoms with Gasteiger partial charge in [-0.25, -0.2) is 0 Å². The van der Waals surface area contributed by atoms with Gasteiger partial charge in [-0.1, -0.05) is 46.2 Å². The van der Waals surface area contributed by atoms with Crippen LogP contribution in [-0.2, 0) is 6.54 Å². The molecule has 21 heavy (non-hydrogen) atoms. The summed E-state index contributed by atoms with van der Waals surface area (Å²) in [5.74, 6) is 0.816. The van der Waals surface area contributed by atoms with E-state index in [4.69, 9.17) is 0 Å². The quantitative estimate of drug-likeness (QED) is 0.759. The molecule has 1 aromatic heterocycles. The molecule has 0 bridgehead atoms. The van der Waals surface area contributed by atoms with E-state index in [0.717, 1.165) is 12.5 Å². The monoisotopic (exact) mass is 286 g/mol. The van der Waals surface area contributed by atoms with Gasteiger partial charge in [-0.05, 0) is 42.3 Å². The van der Waals surface area contributed by atoms with Gasteiger partial charge < -0.3 is 5.32 Å². The predicted molar refractivity (Wildman–Crippen MR) is 93.5 cm³/mol. The Hall–Kier alpha value is -1.41. The fourth-order valence-electron chi connectivity index (χ4n) is 2.47. The van der Waals surface area contributed by atoms with E-state index >= 15 is 0 Å². The van der Waals surface area contributed by atoms with E-state index in [-0.39, 0.29) is 7.43 Å². The van der Waals surface area contributed by atoms with Crippen LogP contribution in [0.2, 0.25) is 0 Å². The average Bonchev–Trinajstić information content (AvgIpc) is 2.44. The van der Waals surface area contributed by atoms with Crippen LogP contribution in [0.4, 0.5) is 0 Å². The third-order valence-corrected chi connectivity index (χ3v) is 3.78. The Balaban J connectivity index is 0.00000220. The van der Waals surface area contributed by atoms with Gasteiger partial charge >= 0.3 is 0 Å². The summed E-state index contributed by atoms with van der Waals surface area (Å²) < 4.78 is 0. The Morgan fingerprint density at radius 3 is 2.62 bits per heavy atom. The highest BCUT2D eigenvalue weighted by Crippen LogP contribution is 2.15. The number of nitrogens with zero attached hydrogens (tertiary/aromatic N) is 1. The minimum Gasteiger partial charge on any atom is -0.310 e. The molecule has 0 saturated carbocycles. The zero-order valence-corrected chi connectivity index (χ0v) is 12.9. The summed E-state index contributed by atoms with van der Waals surface area (Å²) in [5.41, 5.74) is 1.35. The summed E-state index contributed by atoms with van der Waals surface area (Å²) >= 11 is 0. The van der Waals surface area contributed by atoms with Crippen LogP contribution in [0.1, 0.15) is 53.0 Å². The van der Waals surface area contributed by atoms with Crippen molar-refractivity contribution in [3.8, 4) is 0 Å². The zero-order valence-electron chi connectivity index (χ0n) is 12.9. The molecular formula is C19H30N2. The minimum absolute atomic E-state index is 0. The van der Waals surface area contributed by atoms with Crippen molar-refractivity contribution in [2.45, 2.75) is 60.0 Å². The van der Waals surface area contributed by atoms with Crippen LogP contribution in [0.15, 0.2) is 36.7 Å². The summed E-state index contributed by atoms with van der Waals surface area (Å²) in [6, 6.07) is 9.26. The van der Waals surface area contributed by atoms with Gasteiger partial charge in [0, 0.05) is 30.4 Å². The number of rotatable bonds is 7. The SMILES string of the molecule is C.CC(C)CCC[C@@H](C)NCc1ccc2cnccc2c1. The molecule has 1 atom stereocenters. The fraction of sp³-hybridized carbons (Fsp3) is 0.526. The van der Waals surface area contributed by atoms with Crippen LogP contribution in [-0.4, -0.2) is 11.0 Å². The van der Waals surface area contributed by atoms with E-state index in [1.807, 2.05) is 12.4 Å². The molecule has 0 unspecified atom stereocenters. The molecule has 0 amide bonds. The van der Waals surface area contributed by atoms with Gasteiger partial charge in [-0.2, -0.15) is 0 Å². The van der Waals surface area contributed by atoms with Gasteiger partial charge in [-0.15, -0.1) is 0 Å². The number of nitrogens with one attached hydrogen (secondary N) is 1. The van der Waals surface area contributed by atoms with Crippen LogP contribution in [0.5, 0.6) is 0 Å². The molecule has 2 aromatic rings. The first-order valence-electron chi connectivity index (χ1n) is 7.71. The Bertz CT molecular complexity index is 534. The van der Waals surface area contributed by atoms with Crippen LogP contribution in [0.25, 0.3) is 10.8 Å². The van der Waals surface area contributed by atoms with Crippen molar-refractivity contribution in [1.29, 1.82) is 0 Å². The number of hydrogen-bond acceptors (Lipinski definition) is 2. The van der Waals surface area contributed by atoms with Crippen molar-refractivity contribution in [3.63, 3.8) is 0 Å². The molecular weight excluding hydrogens is 256 g/mol. The van der Waals surface area contributed by atoms with Crippen molar-refractivity contribution in [3.05, 3.63) is 42.2 Å². The van der Waals surface area contributed by atoms with Gasteiger partial charge in [0.25, 0.3) is 0 Å². The summed E-state index contributed by atoms with van der Waals surface area (Å²) in [5, 5.41) is 6.10. The fourth-order valence-corrected chi connectivity index (χ4v) is 2.47. The van der Waals surface area contributed by atoms with Gasteiger partial charge in [0.05, 0.1) is 0 Å². The van der Waals surface area contributed by atoms with Crippen molar-refractivity contribution < 1.29 is 0 Å². The maximum absolute atomic E-state index is 4.15. The highest BCUT2D eigenvalue weighted by Gasteiger charge is 2.03. The third kappa shape index (κ3) is 5.84. The topological polar surface area (TPSA) is 24.9 Å². The second kappa shape index (κ2) is 8.78. The first-order valence-corrected chi connectivity index (χ1v) is 7.71. The summed E-state index contributed by atoms with van der Waals surface area (Å²) in [4.78, 5) is 4.15. The first-order chi connectivity index (χ1) is 9.65. The molecule has 1 heterocycles. The van der Waals surface area contributed by atoms with Gasteiger partial charge in [0.15, 0.2) is 0 Å². The van der Waals surface area contributed by atoms with E-state index in [9.17, 15) is 0 Å². The second-order valence-electron chi connectivity index (χ2n) is 6.16. The molecule has 2 nitrogen and oxygen atoms in total. The lowest BCUT2D eigenvalue weighted by atomic mass is 10.0. The van der Waals surface area contributed by atoms with E-state index in [1.54, 1.807) is 0 Å². The normalized spacial score (nSPS) is 12.4. The van der Waals surface area contributed by atoms with Crippen molar-refractivity contribution in [2.24, 2.45) is 5.92 Å². The Morgan fingerprint density at radius 1 is 1.05 bits per heavy atom. The first kappa shape index (κ1) is 17.6. The summed E-state index contributed by atoms with van der Waals surface area (Å²) in [7, 11) is 0. The number of aromatic nitrogens is 1. The Labute approximate surface area is 130 Å². The van der Waals surface area contributed by atoms with E-state index in [0.29, 0.717) is 6.04 Å². The molecule has 116 valence electrons. The third-order valence-electron chi connectivity index (χ3n) is 3.78. The molecule has 0 aliphatic heterocycles. The van der Waals surface area contributed by atoms with Gasteiger partial charge in [0.1, 0.15) is 0 Å². The van der Waals surface area contributed by atoms with Gasteiger partial charge in [-0.3, -0.25) is 4.98 Å². The lowest BCUT2D eigenvalue weighted by Crippen LogP contribution is -2.25. The molecule has 0 aliphatic carbocycles. The van der Waals surface area contributed by atoms with E-state index in [1.165, 1.54) is 35.6 Å². The number of hydrogen-bond donors (Lipinski definition) is 1. The smallest absolute Gasteiger partial charge is 0.0346 e. The minimum atomic E-state index is 0. The average molecular weight is 286 g/mol. The molecule has 0 fully saturated rings. The summed E-state index contributed by atoms with van der Waals surface area (Å²) in [6.07, 6.45) is 7.68. The maximum Gasteiger partial charge on any atom is 0.0346 e. The van der Waals surface area contributed by atoms with E-state index in [2.05, 4.69) is 55.3 Å². The predicted octanol–water partition coefficient (Wildman–Crippen LogP) is 5.18. The number of benzene rings is 1. The lowest BCUT2D eigenvalue weighted by molar-refractivity contribution is 0.457. The molecule has 0 spiro atoms. The molecule has 0 aliphatic rings. The van der Waals surface area contributed by atoms with Crippen molar-refractivity contribution in [2.75, 3.05) is 0 Å².